The van der Waals surface area contributed by atoms with Gasteiger partial charge in [0, 0.05) is 6.42 Å². The summed E-state index contributed by atoms with van der Waals surface area (Å²) in [5.41, 5.74) is -0.838. The van der Waals surface area contributed by atoms with Gasteiger partial charge in [-0.25, -0.2) is 0 Å². The number of carbonyl (C=O) groups excluding carboxylic acids is 4. The Bertz CT molecular complexity index is 694. The number of hydrogen-bond donors (Lipinski definition) is 3. The first-order valence-electron chi connectivity index (χ1n) is 12.5. The van der Waals surface area contributed by atoms with E-state index in [9.17, 15) is 19.2 Å². The maximum atomic E-state index is 13.2. The van der Waals surface area contributed by atoms with Crippen molar-refractivity contribution in [3.8, 4) is 0 Å². The normalized spacial score (nSPS) is 19.9. The monoisotopic (exact) mass is 499 g/mol. The summed E-state index contributed by atoms with van der Waals surface area (Å²) in [6, 6.07) is -2.20. The molecule has 1 rings (SSSR count). The van der Waals surface area contributed by atoms with Crippen molar-refractivity contribution in [2.75, 3.05) is 18.6 Å². The number of Topliss-reactive ketones (excluding diaryl/α,β-unsaturated/α-hetero) is 1. The van der Waals surface area contributed by atoms with Gasteiger partial charge in [0.15, 0.2) is 5.78 Å². The number of rotatable bonds is 17. The van der Waals surface area contributed by atoms with E-state index in [0.29, 0.717) is 31.6 Å². The smallest absolute Gasteiger partial charge is 0.243 e. The number of unbranched alkanes of at least 4 members (excludes halogenated alkanes) is 2. The van der Waals surface area contributed by atoms with Crippen LogP contribution in [-0.4, -0.2) is 65.8 Å². The lowest BCUT2D eigenvalue weighted by Crippen LogP contribution is -2.57. The van der Waals surface area contributed by atoms with Crippen molar-refractivity contribution in [3.05, 3.63) is 0 Å². The average molecular weight is 500 g/mol. The molecule has 8 nitrogen and oxygen atoms in total. The van der Waals surface area contributed by atoms with Crippen molar-refractivity contribution in [2.45, 2.75) is 104 Å². The molecule has 0 saturated carbocycles. The molecule has 4 atom stereocenters. The molecule has 1 aliphatic heterocycles. The molecule has 1 fully saturated rings. The Balaban J connectivity index is 2.89. The average Bonchev–Trinajstić information content (AvgIpc) is 3.51. The Morgan fingerprint density at radius 3 is 2.09 bits per heavy atom. The predicted molar refractivity (Wildman–Crippen MR) is 137 cm³/mol. The SMILES string of the molecule is CCCCCC(=O)N[C@H](C(=O)N[C@@H](CCSC)C(=O)N[C@@H](CC(C)C)C(=O)[C@]1(C)CO1)C(C)C. The van der Waals surface area contributed by atoms with Crippen molar-refractivity contribution >= 4 is 35.3 Å². The highest BCUT2D eigenvalue weighted by molar-refractivity contribution is 7.98. The van der Waals surface area contributed by atoms with Crippen molar-refractivity contribution in [1.82, 2.24) is 16.0 Å². The van der Waals surface area contributed by atoms with Gasteiger partial charge in [-0.3, -0.25) is 19.2 Å². The summed E-state index contributed by atoms with van der Waals surface area (Å²) >= 11 is 1.57. The van der Waals surface area contributed by atoms with E-state index in [-0.39, 0.29) is 35.3 Å². The van der Waals surface area contributed by atoms with Crippen LogP contribution in [0.3, 0.4) is 0 Å². The highest BCUT2D eigenvalue weighted by Gasteiger charge is 2.50. The minimum absolute atomic E-state index is 0.135. The molecular formula is C25H45N3O5S. The quantitative estimate of drug-likeness (QED) is 0.209. The van der Waals surface area contributed by atoms with Crippen LogP contribution < -0.4 is 16.0 Å². The van der Waals surface area contributed by atoms with Gasteiger partial charge in [0.2, 0.25) is 17.7 Å². The summed E-state index contributed by atoms with van der Waals surface area (Å²) in [4.78, 5) is 51.5. The Labute approximate surface area is 209 Å². The molecule has 3 N–H and O–H groups in total. The summed E-state index contributed by atoms with van der Waals surface area (Å²) in [5.74, 6) is -0.341. The minimum atomic E-state index is -0.838. The van der Waals surface area contributed by atoms with E-state index in [1.807, 2.05) is 34.0 Å². The van der Waals surface area contributed by atoms with Gasteiger partial charge < -0.3 is 20.7 Å². The van der Waals surface area contributed by atoms with E-state index in [4.69, 9.17) is 4.74 Å². The lowest BCUT2D eigenvalue weighted by molar-refractivity contribution is -0.135. The summed E-state index contributed by atoms with van der Waals surface area (Å²) in [6.45, 7) is 11.9. The molecule has 0 spiro atoms. The zero-order valence-electron chi connectivity index (χ0n) is 22.0. The highest BCUT2D eigenvalue weighted by Crippen LogP contribution is 2.29. The fourth-order valence-corrected chi connectivity index (χ4v) is 4.15. The van der Waals surface area contributed by atoms with E-state index in [0.717, 1.165) is 19.3 Å². The number of ether oxygens (including phenoxy) is 1. The van der Waals surface area contributed by atoms with E-state index in [1.165, 1.54) is 0 Å². The Morgan fingerprint density at radius 1 is 0.971 bits per heavy atom. The highest BCUT2D eigenvalue weighted by atomic mass is 32.2. The van der Waals surface area contributed by atoms with Gasteiger partial charge >= 0.3 is 0 Å². The fourth-order valence-electron chi connectivity index (χ4n) is 3.68. The maximum absolute atomic E-state index is 13.2. The summed E-state index contributed by atoms with van der Waals surface area (Å²) in [6.07, 6.45) is 5.98. The van der Waals surface area contributed by atoms with Crippen molar-refractivity contribution in [2.24, 2.45) is 11.8 Å². The standard InChI is InChI=1S/C25H45N3O5S/c1-8-9-10-11-20(29)28-21(17(4)5)24(32)26-18(12-13-34-7)23(31)27-19(14-16(2)3)22(30)25(6)15-33-25/h16-19,21H,8-15H2,1-7H3,(H,26,32)(H,27,31)(H,28,29)/t18-,19-,21-,25-/m0/s1. The zero-order chi connectivity index (χ0) is 25.9. The zero-order valence-corrected chi connectivity index (χ0v) is 22.8. The summed E-state index contributed by atoms with van der Waals surface area (Å²) in [7, 11) is 0. The minimum Gasteiger partial charge on any atom is -0.361 e. The first-order chi connectivity index (χ1) is 15.9. The lowest BCUT2D eigenvalue weighted by Gasteiger charge is -2.27. The molecule has 0 radical (unpaired) electrons. The number of carbonyl (C=O) groups is 4. The van der Waals surface area contributed by atoms with Gasteiger partial charge in [-0.05, 0) is 50.0 Å². The first-order valence-corrected chi connectivity index (χ1v) is 13.9. The number of ketones is 1. The predicted octanol–water partition coefficient (Wildman–Crippen LogP) is 2.83. The number of amides is 3. The Hall–Kier alpha value is -1.61. The summed E-state index contributed by atoms with van der Waals surface area (Å²) in [5, 5.41) is 8.54. The van der Waals surface area contributed by atoms with Gasteiger partial charge in [0.25, 0.3) is 0 Å². The van der Waals surface area contributed by atoms with Crippen LogP contribution in [0.15, 0.2) is 0 Å². The first kappa shape index (κ1) is 30.4. The Morgan fingerprint density at radius 2 is 1.59 bits per heavy atom. The van der Waals surface area contributed by atoms with E-state index >= 15 is 0 Å². The molecule has 1 heterocycles. The molecule has 0 aromatic rings. The van der Waals surface area contributed by atoms with Crippen LogP contribution >= 0.6 is 11.8 Å². The van der Waals surface area contributed by atoms with Crippen LogP contribution in [0, 0.1) is 11.8 Å². The van der Waals surface area contributed by atoms with Gasteiger partial charge in [0.1, 0.15) is 17.7 Å². The van der Waals surface area contributed by atoms with Crippen molar-refractivity contribution in [1.29, 1.82) is 0 Å². The third kappa shape index (κ3) is 10.3. The molecular weight excluding hydrogens is 454 g/mol. The van der Waals surface area contributed by atoms with E-state index in [2.05, 4.69) is 22.9 Å². The summed E-state index contributed by atoms with van der Waals surface area (Å²) < 4.78 is 5.31. The third-order valence-corrected chi connectivity index (χ3v) is 6.60. The van der Waals surface area contributed by atoms with Crippen molar-refractivity contribution in [3.63, 3.8) is 0 Å². The second-order valence-corrected chi connectivity index (χ2v) is 11.1. The van der Waals surface area contributed by atoms with Gasteiger partial charge in [0.05, 0.1) is 12.6 Å². The molecule has 34 heavy (non-hydrogen) atoms. The molecule has 0 aromatic carbocycles. The molecule has 0 aliphatic carbocycles. The van der Waals surface area contributed by atoms with Gasteiger partial charge in [-0.15, -0.1) is 0 Å². The van der Waals surface area contributed by atoms with E-state index < -0.39 is 23.7 Å². The number of hydrogen-bond acceptors (Lipinski definition) is 6. The van der Waals surface area contributed by atoms with E-state index in [1.54, 1.807) is 18.7 Å². The second kappa shape index (κ2) is 14.7. The van der Waals surface area contributed by atoms with Crippen LogP contribution in [0.1, 0.15) is 80.1 Å². The fraction of sp³-hybridized carbons (Fsp3) is 0.840. The number of thioether (sulfide) groups is 1. The largest absolute Gasteiger partial charge is 0.361 e. The van der Waals surface area contributed by atoms with Gasteiger partial charge in [-0.1, -0.05) is 47.5 Å². The van der Waals surface area contributed by atoms with Crippen LogP contribution in [0.4, 0.5) is 0 Å². The molecule has 196 valence electrons. The third-order valence-electron chi connectivity index (χ3n) is 5.96. The van der Waals surface area contributed by atoms with Crippen LogP contribution in [0.2, 0.25) is 0 Å². The number of epoxide rings is 1. The van der Waals surface area contributed by atoms with Crippen LogP contribution in [-0.2, 0) is 23.9 Å². The molecule has 0 aromatic heterocycles. The number of nitrogens with one attached hydrogen (secondary N) is 3. The second-order valence-electron chi connectivity index (χ2n) is 10.2. The maximum Gasteiger partial charge on any atom is 0.243 e. The molecule has 9 heteroatoms. The Kier molecular flexibility index (Phi) is 13.2. The van der Waals surface area contributed by atoms with Crippen molar-refractivity contribution < 1.29 is 23.9 Å². The lowest BCUT2D eigenvalue weighted by atomic mass is 9.93. The molecule has 1 saturated heterocycles. The molecule has 1 aliphatic rings. The van der Waals surface area contributed by atoms with Crippen LogP contribution in [0.5, 0.6) is 0 Å². The molecule has 0 bridgehead atoms. The molecule has 0 unspecified atom stereocenters. The van der Waals surface area contributed by atoms with Gasteiger partial charge in [-0.2, -0.15) is 11.8 Å². The van der Waals surface area contributed by atoms with Crippen LogP contribution in [0.25, 0.3) is 0 Å². The molecule has 3 amide bonds. The topological polar surface area (TPSA) is 117 Å².